The van der Waals surface area contributed by atoms with Gasteiger partial charge in [-0.3, -0.25) is 14.4 Å². The first kappa shape index (κ1) is 18.3. The van der Waals surface area contributed by atoms with Gasteiger partial charge in [-0.05, 0) is 29.8 Å². The fraction of sp³-hybridized carbons (Fsp3) is 0.150. The van der Waals surface area contributed by atoms with Crippen molar-refractivity contribution in [3.05, 3.63) is 82.0 Å². The van der Waals surface area contributed by atoms with Crippen molar-refractivity contribution in [2.45, 2.75) is 12.5 Å². The Hall–Kier alpha value is -3.48. The number of esters is 1. The minimum atomic E-state index is -0.776. The molecule has 1 amide bonds. The summed E-state index contributed by atoms with van der Waals surface area (Å²) in [5, 5.41) is 2.99. The molecule has 6 nitrogen and oxygen atoms in total. The lowest BCUT2D eigenvalue weighted by atomic mass is 10.0. The number of methoxy groups -OCH3 is 1. The maximum atomic E-state index is 13.2. The fourth-order valence-electron chi connectivity index (χ4n) is 2.64. The Labute approximate surface area is 153 Å². The summed E-state index contributed by atoms with van der Waals surface area (Å²) >= 11 is 0. The SMILES string of the molecule is COC(=O)C[C@H](NC(=O)c1cc(=O)c2ccccc2o1)c1ccc(F)cc1. The number of carbonyl (C=O) groups excluding carboxylic acids is 2. The van der Waals surface area contributed by atoms with E-state index in [2.05, 4.69) is 10.1 Å². The third-order valence-corrected chi connectivity index (χ3v) is 4.03. The predicted octanol–water partition coefficient (Wildman–Crippen LogP) is 2.97. The number of carbonyl (C=O) groups is 2. The lowest BCUT2D eigenvalue weighted by molar-refractivity contribution is -0.141. The Kier molecular flexibility index (Phi) is 5.30. The second-order valence-corrected chi connectivity index (χ2v) is 5.83. The van der Waals surface area contributed by atoms with Gasteiger partial charge in [-0.1, -0.05) is 24.3 Å². The summed E-state index contributed by atoms with van der Waals surface area (Å²) in [7, 11) is 1.23. The second kappa shape index (κ2) is 7.82. The van der Waals surface area contributed by atoms with Gasteiger partial charge in [0.2, 0.25) is 0 Å². The predicted molar refractivity (Wildman–Crippen MR) is 95.7 cm³/mol. The molecule has 0 aliphatic carbocycles. The van der Waals surface area contributed by atoms with E-state index >= 15 is 0 Å². The summed E-state index contributed by atoms with van der Waals surface area (Å²) in [4.78, 5) is 36.4. The molecule has 2 aromatic carbocycles. The molecular weight excluding hydrogens is 353 g/mol. The summed E-state index contributed by atoms with van der Waals surface area (Å²) in [6.45, 7) is 0. The maximum Gasteiger partial charge on any atom is 0.307 e. The van der Waals surface area contributed by atoms with E-state index in [4.69, 9.17) is 4.42 Å². The van der Waals surface area contributed by atoms with Crippen LogP contribution in [0.15, 0.2) is 63.8 Å². The zero-order chi connectivity index (χ0) is 19.4. The molecule has 0 fully saturated rings. The van der Waals surface area contributed by atoms with Crippen molar-refractivity contribution in [1.82, 2.24) is 5.32 Å². The molecule has 0 saturated carbocycles. The van der Waals surface area contributed by atoms with Gasteiger partial charge in [-0.2, -0.15) is 0 Å². The van der Waals surface area contributed by atoms with Gasteiger partial charge in [-0.15, -0.1) is 0 Å². The summed E-state index contributed by atoms with van der Waals surface area (Å²) in [6.07, 6.45) is -0.161. The summed E-state index contributed by atoms with van der Waals surface area (Å²) < 4.78 is 23.3. The maximum absolute atomic E-state index is 13.2. The monoisotopic (exact) mass is 369 g/mol. The molecule has 1 heterocycles. The van der Waals surface area contributed by atoms with Crippen LogP contribution in [0.3, 0.4) is 0 Å². The van der Waals surface area contributed by atoms with E-state index in [0.717, 1.165) is 6.07 Å². The van der Waals surface area contributed by atoms with E-state index in [0.29, 0.717) is 10.9 Å². The number of nitrogens with one attached hydrogen (secondary N) is 1. The van der Waals surface area contributed by atoms with Crippen molar-refractivity contribution in [2.75, 3.05) is 7.11 Å². The van der Waals surface area contributed by atoms with Crippen LogP contribution in [0.5, 0.6) is 0 Å². The van der Waals surface area contributed by atoms with Crippen LogP contribution in [0.2, 0.25) is 0 Å². The van der Waals surface area contributed by atoms with Gasteiger partial charge < -0.3 is 14.5 Å². The lowest BCUT2D eigenvalue weighted by Gasteiger charge is -2.18. The van der Waals surface area contributed by atoms with Crippen LogP contribution in [-0.4, -0.2) is 19.0 Å². The first-order valence-electron chi connectivity index (χ1n) is 8.14. The highest BCUT2D eigenvalue weighted by molar-refractivity contribution is 5.93. The number of rotatable bonds is 5. The van der Waals surface area contributed by atoms with Crippen molar-refractivity contribution in [3.63, 3.8) is 0 Å². The number of hydrogen-bond donors (Lipinski definition) is 1. The van der Waals surface area contributed by atoms with Crippen LogP contribution in [0.1, 0.15) is 28.6 Å². The van der Waals surface area contributed by atoms with Crippen LogP contribution >= 0.6 is 0 Å². The normalized spacial score (nSPS) is 11.8. The van der Waals surface area contributed by atoms with E-state index in [1.165, 1.54) is 31.4 Å². The molecule has 0 spiro atoms. The molecule has 0 aliphatic rings. The highest BCUT2D eigenvalue weighted by Gasteiger charge is 2.21. The quantitative estimate of drug-likeness (QED) is 0.699. The van der Waals surface area contributed by atoms with Gasteiger partial charge in [0, 0.05) is 6.07 Å². The molecule has 1 aromatic heterocycles. The summed E-state index contributed by atoms with van der Waals surface area (Å²) in [6, 6.07) is 12.2. The van der Waals surface area contributed by atoms with E-state index < -0.39 is 23.7 Å². The molecule has 0 unspecified atom stereocenters. The van der Waals surface area contributed by atoms with E-state index in [-0.39, 0.29) is 23.2 Å². The van der Waals surface area contributed by atoms with Gasteiger partial charge in [0.1, 0.15) is 11.4 Å². The van der Waals surface area contributed by atoms with Gasteiger partial charge in [0.15, 0.2) is 11.2 Å². The summed E-state index contributed by atoms with van der Waals surface area (Å²) in [5.74, 6) is -1.85. The average molecular weight is 369 g/mol. The molecule has 0 aliphatic heterocycles. The Morgan fingerprint density at radius 3 is 2.56 bits per heavy atom. The molecule has 1 N–H and O–H groups in total. The molecular formula is C20H16FNO5. The molecule has 7 heteroatoms. The van der Waals surface area contributed by atoms with Crippen molar-refractivity contribution in [1.29, 1.82) is 0 Å². The molecule has 138 valence electrons. The van der Waals surface area contributed by atoms with Crippen molar-refractivity contribution >= 4 is 22.8 Å². The number of benzene rings is 2. The number of ether oxygens (including phenoxy) is 1. The third kappa shape index (κ3) is 4.20. The Bertz CT molecular complexity index is 1040. The molecule has 3 aromatic rings. The smallest absolute Gasteiger partial charge is 0.307 e. The van der Waals surface area contributed by atoms with Crippen LogP contribution in [0, 0.1) is 5.82 Å². The van der Waals surface area contributed by atoms with Crippen LogP contribution in [0.4, 0.5) is 4.39 Å². The number of amides is 1. The molecule has 27 heavy (non-hydrogen) atoms. The second-order valence-electron chi connectivity index (χ2n) is 5.83. The van der Waals surface area contributed by atoms with Gasteiger partial charge >= 0.3 is 5.97 Å². The number of fused-ring (bicyclic) bond motifs is 1. The zero-order valence-electron chi connectivity index (χ0n) is 14.4. The van der Waals surface area contributed by atoms with E-state index in [1.807, 2.05) is 0 Å². The average Bonchev–Trinajstić information content (AvgIpc) is 2.67. The molecule has 0 radical (unpaired) electrons. The van der Waals surface area contributed by atoms with Crippen molar-refractivity contribution in [3.8, 4) is 0 Å². The zero-order valence-corrected chi connectivity index (χ0v) is 14.4. The Morgan fingerprint density at radius 1 is 1.15 bits per heavy atom. The number of para-hydroxylation sites is 1. The third-order valence-electron chi connectivity index (χ3n) is 4.03. The molecule has 0 bridgehead atoms. The van der Waals surface area contributed by atoms with E-state index in [9.17, 15) is 18.8 Å². The molecule has 3 rings (SSSR count). The Morgan fingerprint density at radius 2 is 1.85 bits per heavy atom. The van der Waals surface area contributed by atoms with Gasteiger partial charge in [0.25, 0.3) is 5.91 Å². The van der Waals surface area contributed by atoms with Crippen molar-refractivity contribution in [2.24, 2.45) is 0 Å². The van der Waals surface area contributed by atoms with E-state index in [1.54, 1.807) is 24.3 Å². The largest absolute Gasteiger partial charge is 0.469 e. The Balaban J connectivity index is 1.90. The van der Waals surface area contributed by atoms with Crippen molar-refractivity contribution < 1.29 is 23.1 Å². The lowest BCUT2D eigenvalue weighted by Crippen LogP contribution is -2.31. The first-order chi connectivity index (χ1) is 13.0. The van der Waals surface area contributed by atoms with Crippen LogP contribution < -0.4 is 10.7 Å². The molecule has 0 saturated heterocycles. The van der Waals surface area contributed by atoms with Crippen LogP contribution in [-0.2, 0) is 9.53 Å². The topological polar surface area (TPSA) is 85.6 Å². The minimum Gasteiger partial charge on any atom is -0.469 e. The van der Waals surface area contributed by atoms with Gasteiger partial charge in [-0.25, -0.2) is 4.39 Å². The number of hydrogen-bond acceptors (Lipinski definition) is 5. The molecule has 1 atom stereocenters. The highest BCUT2D eigenvalue weighted by atomic mass is 19.1. The number of halogens is 1. The van der Waals surface area contributed by atoms with Crippen LogP contribution in [0.25, 0.3) is 11.0 Å². The minimum absolute atomic E-state index is 0.161. The standard InChI is InChI=1S/C20H16FNO5/c1-26-19(24)10-15(12-6-8-13(21)9-7-12)22-20(25)18-11-16(23)14-4-2-3-5-17(14)27-18/h2-9,11,15H,10H2,1H3,(H,22,25)/t15-/m0/s1. The first-order valence-corrected chi connectivity index (χ1v) is 8.14. The highest BCUT2D eigenvalue weighted by Crippen LogP contribution is 2.19. The summed E-state index contributed by atoms with van der Waals surface area (Å²) in [5.41, 5.74) is 0.438. The van der Waals surface area contributed by atoms with Gasteiger partial charge in [0.05, 0.1) is 25.0 Å². The fourth-order valence-corrected chi connectivity index (χ4v) is 2.64.